The van der Waals surface area contributed by atoms with Crippen LogP contribution in [0.3, 0.4) is 0 Å². The molecule has 0 spiro atoms. The van der Waals surface area contributed by atoms with Crippen LogP contribution in [0, 0.1) is 0 Å². The summed E-state index contributed by atoms with van der Waals surface area (Å²) in [4.78, 5) is 12.2. The third-order valence-corrected chi connectivity index (χ3v) is 8.21. The normalized spacial score (nSPS) is 14.2. The molecule has 2 aromatic rings. The number of hydrogen-bond acceptors (Lipinski definition) is 10. The van der Waals surface area contributed by atoms with Crippen molar-refractivity contribution in [2.24, 2.45) is 0 Å². The summed E-state index contributed by atoms with van der Waals surface area (Å²) >= 11 is 0. The van der Waals surface area contributed by atoms with Crippen molar-refractivity contribution in [2.75, 3.05) is 0 Å². The summed E-state index contributed by atoms with van der Waals surface area (Å²) in [7, 11) is -18.9. The zero-order valence-electron chi connectivity index (χ0n) is 19.5. The van der Waals surface area contributed by atoms with Gasteiger partial charge in [0.05, 0.1) is 5.56 Å². The fourth-order valence-electron chi connectivity index (χ4n) is 2.45. The molecule has 0 aliphatic heterocycles. The van der Waals surface area contributed by atoms with Crippen molar-refractivity contribution >= 4 is 42.4 Å². The van der Waals surface area contributed by atoms with E-state index in [4.69, 9.17) is 13.5 Å². The van der Waals surface area contributed by atoms with E-state index < -0.39 is 69.5 Å². The van der Waals surface area contributed by atoms with E-state index in [0.29, 0.717) is 29.8 Å². The molecule has 0 fully saturated rings. The molecule has 0 aromatic heterocycles. The third-order valence-electron chi connectivity index (χ3n) is 4.67. The number of esters is 1. The molecular weight excluding hydrogens is 626 g/mol. The van der Waals surface area contributed by atoms with Gasteiger partial charge in [0.2, 0.25) is 5.44 Å². The third kappa shape index (κ3) is 6.34. The Morgan fingerprint density at radius 3 is 1.73 bits per heavy atom. The van der Waals surface area contributed by atoms with Gasteiger partial charge in [-0.25, -0.2) is 4.79 Å². The van der Waals surface area contributed by atoms with Crippen LogP contribution in [0.5, 0.6) is 11.5 Å². The number of benzene rings is 2. The number of hydrogen-bond donors (Lipinski definition) is 1. The van der Waals surface area contributed by atoms with Crippen LogP contribution in [-0.2, 0) is 35.1 Å². The smallest absolute Gasteiger partial charge is 0.439 e. The number of carbonyl (C=O) groups excluding carboxylic acids is 1. The molecular formula is C20H16F6O11S3. The fourth-order valence-corrected chi connectivity index (χ4v) is 4.60. The molecule has 0 radical (unpaired) electrons. The highest BCUT2D eigenvalue weighted by atomic mass is 32.2. The molecule has 20 heteroatoms. The van der Waals surface area contributed by atoms with E-state index in [9.17, 15) is 56.4 Å². The number of alkyl halides is 6. The highest BCUT2D eigenvalue weighted by molar-refractivity contribution is 7.89. The minimum atomic E-state index is -7.22. The first-order valence-corrected chi connectivity index (χ1v) is 14.3. The number of halogens is 6. The van der Waals surface area contributed by atoms with Gasteiger partial charge in [-0.3, -0.25) is 4.55 Å². The molecule has 2 aromatic carbocycles. The Kier molecular flexibility index (Phi) is 8.95. The number of carbonyl (C=O) groups is 1. The first-order valence-electron chi connectivity index (χ1n) is 10.0. The van der Waals surface area contributed by atoms with E-state index in [1.165, 1.54) is 30.3 Å². The molecule has 2 rings (SSSR count). The van der Waals surface area contributed by atoms with Gasteiger partial charge in [-0.05, 0) is 48.9 Å². The molecule has 1 atom stereocenters. The Bertz CT molecular complexity index is 1590. The quantitative estimate of drug-likeness (QED) is 0.155. The Morgan fingerprint density at radius 1 is 0.825 bits per heavy atom. The molecule has 1 unspecified atom stereocenters. The summed E-state index contributed by atoms with van der Waals surface area (Å²) in [5, 5.41) is -13.9. The van der Waals surface area contributed by atoms with Gasteiger partial charge in [-0.1, -0.05) is 24.8 Å². The topological polar surface area (TPSA) is 167 Å². The van der Waals surface area contributed by atoms with Crippen molar-refractivity contribution in [3.63, 3.8) is 0 Å². The van der Waals surface area contributed by atoms with E-state index in [2.05, 4.69) is 10.8 Å². The Balaban J connectivity index is 2.18. The van der Waals surface area contributed by atoms with Crippen LogP contribution in [0.25, 0.3) is 6.08 Å². The van der Waals surface area contributed by atoms with Gasteiger partial charge in [0.1, 0.15) is 11.5 Å². The lowest BCUT2D eigenvalue weighted by Crippen LogP contribution is -2.61. The van der Waals surface area contributed by atoms with Gasteiger partial charge >= 0.3 is 52.8 Å². The van der Waals surface area contributed by atoms with Gasteiger partial charge in [-0.2, -0.15) is 51.6 Å². The summed E-state index contributed by atoms with van der Waals surface area (Å²) < 4.78 is 172. The molecule has 0 saturated heterocycles. The summed E-state index contributed by atoms with van der Waals surface area (Å²) in [5.74, 6) is -10.0. The lowest BCUT2D eigenvalue weighted by atomic mass is 10.2. The van der Waals surface area contributed by atoms with E-state index >= 15 is 0 Å². The summed E-state index contributed by atoms with van der Waals surface area (Å²) in [5.41, 5.74) is -1.85. The summed E-state index contributed by atoms with van der Waals surface area (Å²) in [6.45, 7) is 4.41. The van der Waals surface area contributed by atoms with Crippen molar-refractivity contribution in [1.29, 1.82) is 0 Å². The Morgan fingerprint density at radius 2 is 1.27 bits per heavy atom. The predicted octanol–water partition coefficient (Wildman–Crippen LogP) is 3.66. The predicted molar refractivity (Wildman–Crippen MR) is 123 cm³/mol. The van der Waals surface area contributed by atoms with Crippen LogP contribution in [0.15, 0.2) is 55.1 Å². The minimum absolute atomic E-state index is 0.145. The molecule has 222 valence electrons. The van der Waals surface area contributed by atoms with Crippen LogP contribution in [0.1, 0.15) is 22.8 Å². The van der Waals surface area contributed by atoms with Gasteiger partial charge < -0.3 is 13.1 Å². The van der Waals surface area contributed by atoms with E-state index in [0.717, 1.165) is 6.92 Å². The minimum Gasteiger partial charge on any atom is -0.439 e. The maximum atomic E-state index is 13.9. The van der Waals surface area contributed by atoms with Gasteiger partial charge in [0.25, 0.3) is 0 Å². The highest BCUT2D eigenvalue weighted by Gasteiger charge is 2.83. The average Bonchev–Trinajstić information content (AvgIpc) is 2.83. The van der Waals surface area contributed by atoms with Crippen LogP contribution in [-0.4, -0.2) is 57.6 Å². The van der Waals surface area contributed by atoms with Crippen LogP contribution in [0.2, 0.25) is 0 Å². The van der Waals surface area contributed by atoms with Crippen molar-refractivity contribution in [1.82, 2.24) is 0 Å². The monoisotopic (exact) mass is 642 g/mol. The van der Waals surface area contributed by atoms with Crippen LogP contribution < -0.4 is 8.37 Å². The Hall–Kier alpha value is -3.36. The van der Waals surface area contributed by atoms with Gasteiger partial charge in [0.15, 0.2) is 0 Å². The standard InChI is InChI=1S/C20H16F6O11S3/c1-3-13-4-8-15(9-5-13)36-38(28,29)12(2)35-17(27)14-6-10-16(11-7-14)37-40(33,34)20(25,26)18(21,22)19(23,24)39(30,31)32/h3-12H,1H2,2H3,(H,30,31,32). The van der Waals surface area contributed by atoms with Crippen molar-refractivity contribution in [3.8, 4) is 11.5 Å². The summed E-state index contributed by atoms with van der Waals surface area (Å²) in [6.07, 6.45) is 1.47. The van der Waals surface area contributed by atoms with Crippen molar-refractivity contribution in [3.05, 3.63) is 66.2 Å². The van der Waals surface area contributed by atoms with E-state index in [-0.39, 0.29) is 5.75 Å². The molecule has 11 nitrogen and oxygen atoms in total. The van der Waals surface area contributed by atoms with Crippen LogP contribution >= 0.6 is 0 Å². The molecule has 1 N–H and O–H groups in total. The SMILES string of the molecule is C=Cc1ccc(OS(=O)(=O)C(C)OC(=O)c2ccc(OS(=O)(=O)C(F)(F)C(F)(F)C(F)(F)S(=O)(=O)O)cc2)cc1. The Labute approximate surface area is 223 Å². The molecule has 0 aliphatic carbocycles. The zero-order valence-corrected chi connectivity index (χ0v) is 22.0. The first kappa shape index (κ1) is 32.8. The number of rotatable bonds is 12. The summed E-state index contributed by atoms with van der Waals surface area (Å²) in [6, 6.07) is 7.44. The molecule has 40 heavy (non-hydrogen) atoms. The zero-order chi connectivity index (χ0) is 30.9. The lowest BCUT2D eigenvalue weighted by molar-refractivity contribution is -0.247. The van der Waals surface area contributed by atoms with E-state index in [1.54, 1.807) is 0 Å². The van der Waals surface area contributed by atoms with Crippen molar-refractivity contribution in [2.45, 2.75) is 28.8 Å². The lowest BCUT2D eigenvalue weighted by Gasteiger charge is -2.29. The van der Waals surface area contributed by atoms with Crippen molar-refractivity contribution < 1.29 is 74.0 Å². The maximum absolute atomic E-state index is 13.9. The van der Waals surface area contributed by atoms with E-state index in [1.807, 2.05) is 0 Å². The second-order valence-corrected chi connectivity index (χ2v) is 12.3. The second kappa shape index (κ2) is 10.9. The molecule has 0 heterocycles. The average molecular weight is 643 g/mol. The number of ether oxygens (including phenoxy) is 1. The molecule has 0 saturated carbocycles. The first-order chi connectivity index (χ1) is 18.0. The maximum Gasteiger partial charge on any atom is 0.450 e. The largest absolute Gasteiger partial charge is 0.450 e. The highest BCUT2D eigenvalue weighted by Crippen LogP contribution is 2.50. The molecule has 0 bridgehead atoms. The molecule has 0 aliphatic rings. The molecule has 0 amide bonds. The second-order valence-electron chi connectivity index (χ2n) is 7.47. The van der Waals surface area contributed by atoms with Crippen LogP contribution in [0.4, 0.5) is 26.3 Å². The van der Waals surface area contributed by atoms with Gasteiger partial charge in [0, 0.05) is 0 Å². The van der Waals surface area contributed by atoms with Gasteiger partial charge in [-0.15, -0.1) is 0 Å². The fraction of sp³-hybridized carbons (Fsp3) is 0.250.